The maximum absolute atomic E-state index is 13.1. The number of carbonyl (C=O) groups is 2. The minimum absolute atomic E-state index is 0.132. The molecule has 0 saturated carbocycles. The number of carboxylic acids is 2. The average Bonchev–Trinajstić information content (AvgIpc) is 2.41. The van der Waals surface area contributed by atoms with Gasteiger partial charge in [0.15, 0.2) is 0 Å². The number of rotatable bonds is 8. The second-order valence-corrected chi connectivity index (χ2v) is 9.47. The molecule has 0 saturated heterocycles. The van der Waals surface area contributed by atoms with Crippen molar-refractivity contribution in [2.24, 2.45) is 11.3 Å². The largest absolute Gasteiger partial charge is 0.481 e. The summed E-state index contributed by atoms with van der Waals surface area (Å²) in [6.07, 6.45) is -0.659. The van der Waals surface area contributed by atoms with Gasteiger partial charge in [-0.1, -0.05) is 51.1 Å². The lowest BCUT2D eigenvalue weighted by Crippen LogP contribution is -2.39. The third-order valence-electron chi connectivity index (χ3n) is 3.94. The van der Waals surface area contributed by atoms with E-state index in [0.29, 0.717) is 5.56 Å². The highest BCUT2D eigenvalue weighted by Crippen LogP contribution is 2.59. The number of aliphatic carboxylic acids is 2. The van der Waals surface area contributed by atoms with Crippen LogP contribution in [0.1, 0.15) is 39.2 Å². The fraction of sp³-hybridized carbons (Fsp3) is 0.529. The monoisotopic (exact) mass is 356 g/mol. The van der Waals surface area contributed by atoms with Gasteiger partial charge in [0.2, 0.25) is 7.37 Å². The van der Waals surface area contributed by atoms with E-state index in [0.717, 1.165) is 0 Å². The van der Waals surface area contributed by atoms with Crippen molar-refractivity contribution in [2.75, 3.05) is 0 Å². The maximum Gasteiger partial charge on any atom is 0.307 e. The van der Waals surface area contributed by atoms with Gasteiger partial charge in [0.1, 0.15) is 0 Å². The van der Waals surface area contributed by atoms with E-state index in [9.17, 15) is 24.2 Å². The molecule has 3 N–H and O–H groups in total. The standard InChI is InChI=1S/C17H25O6P/c1-17(2,3)15(13(16(20)21)9-10-14(18)19)24(22,23)11-12-7-5-4-6-8-12/h4-8,13,15H,9-11H2,1-3H3,(H,18,19)(H,20,21)(H,22,23). The van der Waals surface area contributed by atoms with Crippen molar-refractivity contribution >= 4 is 19.3 Å². The highest BCUT2D eigenvalue weighted by atomic mass is 31.2. The molecule has 1 aromatic rings. The molecular weight excluding hydrogens is 331 g/mol. The summed E-state index contributed by atoms with van der Waals surface area (Å²) in [7, 11) is -3.89. The zero-order valence-corrected chi connectivity index (χ0v) is 15.1. The minimum Gasteiger partial charge on any atom is -0.481 e. The summed E-state index contributed by atoms with van der Waals surface area (Å²) >= 11 is 0. The van der Waals surface area contributed by atoms with Gasteiger partial charge < -0.3 is 15.1 Å². The molecule has 0 fully saturated rings. The van der Waals surface area contributed by atoms with Crippen molar-refractivity contribution in [3.8, 4) is 0 Å². The Bertz CT molecular complexity index is 620. The molecule has 0 spiro atoms. The quantitative estimate of drug-likeness (QED) is 0.615. The van der Waals surface area contributed by atoms with Crippen LogP contribution in [0.4, 0.5) is 0 Å². The van der Waals surface area contributed by atoms with E-state index < -0.39 is 36.3 Å². The smallest absolute Gasteiger partial charge is 0.307 e. The Labute approximate surface area is 142 Å². The molecule has 3 unspecified atom stereocenters. The first kappa shape index (κ1) is 20.4. The van der Waals surface area contributed by atoms with Crippen molar-refractivity contribution in [2.45, 2.75) is 45.4 Å². The van der Waals surface area contributed by atoms with Gasteiger partial charge >= 0.3 is 11.9 Å². The van der Waals surface area contributed by atoms with Gasteiger partial charge in [-0.2, -0.15) is 0 Å². The number of hydrogen-bond acceptors (Lipinski definition) is 3. The molecule has 7 heteroatoms. The van der Waals surface area contributed by atoms with Gasteiger partial charge in [0.05, 0.1) is 11.6 Å². The van der Waals surface area contributed by atoms with Crippen molar-refractivity contribution in [1.29, 1.82) is 0 Å². The van der Waals surface area contributed by atoms with E-state index in [2.05, 4.69) is 0 Å². The molecule has 0 bridgehead atoms. The fourth-order valence-corrected chi connectivity index (χ4v) is 6.11. The van der Waals surface area contributed by atoms with Crippen LogP contribution in [0.3, 0.4) is 0 Å². The van der Waals surface area contributed by atoms with E-state index in [1.807, 2.05) is 0 Å². The molecule has 0 aromatic heterocycles. The molecule has 0 radical (unpaired) electrons. The van der Waals surface area contributed by atoms with E-state index >= 15 is 0 Å². The van der Waals surface area contributed by atoms with Crippen molar-refractivity contribution in [3.63, 3.8) is 0 Å². The lowest BCUT2D eigenvalue weighted by atomic mass is 9.82. The van der Waals surface area contributed by atoms with Crippen LogP contribution in [0.15, 0.2) is 30.3 Å². The zero-order valence-electron chi connectivity index (χ0n) is 14.2. The molecule has 0 amide bonds. The summed E-state index contributed by atoms with van der Waals surface area (Å²) in [5, 5.41) is 18.4. The second-order valence-electron chi connectivity index (χ2n) is 7.09. The topological polar surface area (TPSA) is 112 Å². The van der Waals surface area contributed by atoms with Gasteiger partial charge in [-0.3, -0.25) is 14.2 Å². The van der Waals surface area contributed by atoms with Crippen LogP contribution >= 0.6 is 7.37 Å². The number of benzene rings is 1. The van der Waals surface area contributed by atoms with Gasteiger partial charge in [-0.25, -0.2) is 0 Å². The Hall–Kier alpha value is -1.65. The lowest BCUT2D eigenvalue weighted by molar-refractivity contribution is -0.143. The molecule has 24 heavy (non-hydrogen) atoms. The first-order valence-electron chi connectivity index (χ1n) is 7.75. The van der Waals surface area contributed by atoms with Crippen LogP contribution in [0.5, 0.6) is 0 Å². The minimum atomic E-state index is -3.89. The average molecular weight is 356 g/mol. The first-order valence-corrected chi connectivity index (χ1v) is 9.66. The van der Waals surface area contributed by atoms with E-state index in [1.165, 1.54) is 0 Å². The molecule has 1 rings (SSSR count). The molecule has 134 valence electrons. The summed E-state index contributed by atoms with van der Waals surface area (Å²) in [5.74, 6) is -3.55. The highest BCUT2D eigenvalue weighted by molar-refractivity contribution is 7.58. The predicted molar refractivity (Wildman–Crippen MR) is 91.2 cm³/mol. The first-order chi connectivity index (χ1) is 10.9. The predicted octanol–water partition coefficient (Wildman–Crippen LogP) is 3.44. The lowest BCUT2D eigenvalue weighted by Gasteiger charge is -2.38. The Balaban J connectivity index is 3.20. The van der Waals surface area contributed by atoms with Gasteiger partial charge in [-0.05, 0) is 17.4 Å². The Morgan fingerprint density at radius 2 is 1.67 bits per heavy atom. The summed E-state index contributed by atoms with van der Waals surface area (Å²) in [5.41, 5.74) is -1.15. The van der Waals surface area contributed by atoms with E-state index in [1.54, 1.807) is 51.1 Å². The number of hydrogen-bond donors (Lipinski definition) is 3. The SMILES string of the molecule is CC(C)(C)C(C(CCC(=O)O)C(=O)O)P(=O)(O)Cc1ccccc1. The fourth-order valence-electron chi connectivity index (χ4n) is 3.13. The Morgan fingerprint density at radius 3 is 2.08 bits per heavy atom. The van der Waals surface area contributed by atoms with Gasteiger partial charge in [0, 0.05) is 12.6 Å². The summed E-state index contributed by atoms with van der Waals surface area (Å²) in [6.45, 7) is 5.13. The van der Waals surface area contributed by atoms with Gasteiger partial charge in [0.25, 0.3) is 0 Å². The molecule has 0 aliphatic heterocycles. The van der Waals surface area contributed by atoms with Crippen LogP contribution < -0.4 is 0 Å². The summed E-state index contributed by atoms with van der Waals surface area (Å²) in [4.78, 5) is 33.2. The highest BCUT2D eigenvalue weighted by Gasteiger charge is 2.47. The van der Waals surface area contributed by atoms with Crippen LogP contribution in [0, 0.1) is 11.3 Å². The molecule has 6 nitrogen and oxygen atoms in total. The number of carboxylic acid groups (broad SMARTS) is 2. The molecule has 3 atom stereocenters. The molecule has 0 aliphatic carbocycles. The zero-order chi connectivity index (χ0) is 18.5. The van der Waals surface area contributed by atoms with E-state index in [-0.39, 0.29) is 19.0 Å². The second kappa shape index (κ2) is 7.95. The van der Waals surface area contributed by atoms with E-state index in [4.69, 9.17) is 5.11 Å². The summed E-state index contributed by atoms with van der Waals surface area (Å²) < 4.78 is 13.1. The third-order valence-corrected chi connectivity index (χ3v) is 6.76. The van der Waals surface area contributed by atoms with Crippen LogP contribution in [0.25, 0.3) is 0 Å². The Kier molecular flexibility index (Phi) is 6.76. The van der Waals surface area contributed by atoms with Crippen molar-refractivity contribution in [3.05, 3.63) is 35.9 Å². The van der Waals surface area contributed by atoms with Crippen LogP contribution in [-0.4, -0.2) is 32.7 Å². The Morgan fingerprint density at radius 1 is 1.12 bits per heavy atom. The molecule has 1 aromatic carbocycles. The third kappa shape index (κ3) is 5.77. The molecule has 0 heterocycles. The molecular formula is C17H25O6P. The van der Waals surface area contributed by atoms with Crippen LogP contribution in [-0.2, 0) is 20.3 Å². The van der Waals surface area contributed by atoms with Crippen molar-refractivity contribution in [1.82, 2.24) is 0 Å². The maximum atomic E-state index is 13.1. The molecule has 0 aliphatic rings. The van der Waals surface area contributed by atoms with Crippen molar-refractivity contribution < 1.29 is 29.3 Å². The van der Waals surface area contributed by atoms with Gasteiger partial charge in [-0.15, -0.1) is 0 Å². The summed E-state index contributed by atoms with van der Waals surface area (Å²) in [6, 6.07) is 8.73. The normalized spacial score (nSPS) is 16.8. The van der Waals surface area contributed by atoms with Crippen LogP contribution in [0.2, 0.25) is 0 Å².